The van der Waals surface area contributed by atoms with E-state index in [0.29, 0.717) is 5.69 Å². The molecule has 1 aliphatic rings. The van der Waals surface area contributed by atoms with E-state index in [2.05, 4.69) is 16.5 Å². The molecule has 4 nitrogen and oxygen atoms in total. The van der Waals surface area contributed by atoms with E-state index in [0.717, 1.165) is 75.1 Å². The summed E-state index contributed by atoms with van der Waals surface area (Å²) in [7, 11) is -3.96. The summed E-state index contributed by atoms with van der Waals surface area (Å²) in [6.07, 6.45) is -0.425. The highest BCUT2D eigenvalue weighted by Crippen LogP contribution is 2.30. The number of unbranched alkanes of at least 4 members (excludes halogenated alkanes) is 1. The van der Waals surface area contributed by atoms with Crippen molar-refractivity contribution in [3.8, 4) is 0 Å². The summed E-state index contributed by atoms with van der Waals surface area (Å²) in [5, 5.41) is 0. The summed E-state index contributed by atoms with van der Waals surface area (Å²) in [5.74, 6) is 0. The van der Waals surface area contributed by atoms with Crippen LogP contribution in [0.4, 0.5) is 18.9 Å². The molecule has 0 radical (unpaired) electrons. The number of nitrogens with zero attached hydrogens (tertiary/aromatic N) is 1. The van der Waals surface area contributed by atoms with Gasteiger partial charge in [-0.2, -0.15) is 13.2 Å². The maximum absolute atomic E-state index is 12.7. The average molecular weight is 463 g/mol. The molecule has 9 heteroatoms. The van der Waals surface area contributed by atoms with E-state index >= 15 is 0 Å². The molecule has 3 rings (SSSR count). The molecule has 166 valence electrons. The largest absolute Gasteiger partial charge is 0.416 e. The summed E-state index contributed by atoms with van der Waals surface area (Å²) < 4.78 is 65.7. The van der Waals surface area contributed by atoms with Gasteiger partial charge in [0.15, 0.2) is 0 Å². The predicted octanol–water partition coefficient (Wildman–Crippen LogP) is 5.13. The molecule has 1 aliphatic heterocycles. The van der Waals surface area contributed by atoms with Crippen LogP contribution in [-0.4, -0.2) is 33.0 Å². The number of halogens is 4. The highest BCUT2D eigenvalue weighted by molar-refractivity contribution is 7.92. The van der Waals surface area contributed by atoms with Crippen molar-refractivity contribution in [2.75, 3.05) is 24.4 Å². The second-order valence-electron chi connectivity index (χ2n) is 7.31. The molecule has 0 aliphatic carbocycles. The standard InChI is InChI=1S/C21H25F3N2O2S.ClH/c1-2-3-12-26-13-10-16-4-7-19(15-17(16)11-14-26)25-29(27,28)20-8-5-18(6-9-20)21(22,23)24;/h4-9,15,25H,2-3,10-14H2,1H3;1H. The molecule has 1 heterocycles. The van der Waals surface area contributed by atoms with Crippen LogP contribution in [0.5, 0.6) is 0 Å². The fourth-order valence-electron chi connectivity index (χ4n) is 3.48. The molecule has 2 aromatic rings. The quantitative estimate of drug-likeness (QED) is 0.647. The Bertz CT molecular complexity index is 948. The summed E-state index contributed by atoms with van der Waals surface area (Å²) in [6, 6.07) is 8.97. The smallest absolute Gasteiger partial charge is 0.303 e. The fraction of sp³-hybridized carbons (Fsp3) is 0.429. The fourth-order valence-corrected chi connectivity index (χ4v) is 4.53. The van der Waals surface area contributed by atoms with Crippen molar-refractivity contribution in [2.45, 2.75) is 43.7 Å². The van der Waals surface area contributed by atoms with Gasteiger partial charge in [-0.15, -0.1) is 12.4 Å². The van der Waals surface area contributed by atoms with Crippen LogP contribution in [0.3, 0.4) is 0 Å². The Hall–Kier alpha value is -1.77. The van der Waals surface area contributed by atoms with Crippen molar-refractivity contribution in [2.24, 2.45) is 0 Å². The number of rotatable bonds is 6. The molecule has 0 aromatic heterocycles. The van der Waals surface area contributed by atoms with Gasteiger partial charge in [0, 0.05) is 18.8 Å². The molecular formula is C21H26ClF3N2O2S. The molecular weight excluding hydrogens is 437 g/mol. The third-order valence-electron chi connectivity index (χ3n) is 5.17. The first-order valence-electron chi connectivity index (χ1n) is 9.73. The number of hydrogen-bond acceptors (Lipinski definition) is 3. The number of anilines is 1. The van der Waals surface area contributed by atoms with Gasteiger partial charge in [-0.25, -0.2) is 8.42 Å². The van der Waals surface area contributed by atoms with Crippen molar-refractivity contribution in [3.63, 3.8) is 0 Å². The summed E-state index contributed by atoms with van der Waals surface area (Å²) in [4.78, 5) is 2.22. The van der Waals surface area contributed by atoms with Gasteiger partial charge < -0.3 is 4.90 Å². The molecule has 0 spiro atoms. The van der Waals surface area contributed by atoms with Gasteiger partial charge in [-0.1, -0.05) is 19.4 Å². The topological polar surface area (TPSA) is 49.4 Å². The lowest BCUT2D eigenvalue weighted by molar-refractivity contribution is -0.137. The zero-order chi connectivity index (χ0) is 21.1. The van der Waals surface area contributed by atoms with Crippen LogP contribution in [0.15, 0.2) is 47.4 Å². The molecule has 30 heavy (non-hydrogen) atoms. The Labute approximate surface area is 181 Å². The van der Waals surface area contributed by atoms with Crippen molar-refractivity contribution >= 4 is 28.1 Å². The van der Waals surface area contributed by atoms with E-state index in [-0.39, 0.29) is 17.3 Å². The van der Waals surface area contributed by atoms with Crippen molar-refractivity contribution in [1.82, 2.24) is 4.90 Å². The highest BCUT2D eigenvalue weighted by Gasteiger charge is 2.30. The van der Waals surface area contributed by atoms with Crippen LogP contribution in [0.1, 0.15) is 36.5 Å². The third-order valence-corrected chi connectivity index (χ3v) is 6.57. The molecule has 0 saturated carbocycles. The van der Waals surface area contributed by atoms with Crippen LogP contribution in [0.25, 0.3) is 0 Å². The number of hydrogen-bond donors (Lipinski definition) is 1. The molecule has 0 unspecified atom stereocenters. The summed E-state index contributed by atoms with van der Waals surface area (Å²) >= 11 is 0. The van der Waals surface area contributed by atoms with Gasteiger partial charge in [0.1, 0.15) is 0 Å². The van der Waals surface area contributed by atoms with E-state index in [1.165, 1.54) is 5.56 Å². The Kier molecular flexibility index (Phi) is 8.19. The van der Waals surface area contributed by atoms with Crippen molar-refractivity contribution in [1.29, 1.82) is 0 Å². The van der Waals surface area contributed by atoms with E-state index in [9.17, 15) is 21.6 Å². The molecule has 0 bridgehead atoms. The minimum Gasteiger partial charge on any atom is -0.303 e. The zero-order valence-corrected chi connectivity index (χ0v) is 18.3. The minimum atomic E-state index is -4.50. The van der Waals surface area contributed by atoms with Crippen LogP contribution < -0.4 is 4.72 Å². The minimum absolute atomic E-state index is 0. The normalized spacial score (nSPS) is 15.1. The molecule has 1 N–H and O–H groups in total. The number of benzene rings is 2. The van der Waals surface area contributed by atoms with E-state index in [1.54, 1.807) is 6.07 Å². The van der Waals surface area contributed by atoms with Crippen molar-refractivity contribution < 1.29 is 21.6 Å². The van der Waals surface area contributed by atoms with Gasteiger partial charge >= 0.3 is 6.18 Å². The van der Waals surface area contributed by atoms with E-state index in [4.69, 9.17) is 0 Å². The SMILES string of the molecule is CCCCN1CCc2ccc(NS(=O)(=O)c3ccc(C(F)(F)F)cc3)cc2CC1.Cl. The molecule has 0 saturated heterocycles. The Balaban J connectivity index is 0.00000320. The predicted molar refractivity (Wildman–Crippen MR) is 115 cm³/mol. The molecule has 0 fully saturated rings. The molecule has 0 atom stereocenters. The monoisotopic (exact) mass is 462 g/mol. The lowest BCUT2D eigenvalue weighted by atomic mass is 10.0. The first kappa shape index (κ1) is 24.5. The first-order valence-corrected chi connectivity index (χ1v) is 11.2. The second-order valence-corrected chi connectivity index (χ2v) is 8.99. The van der Waals surface area contributed by atoms with Gasteiger partial charge in [0.25, 0.3) is 10.0 Å². The van der Waals surface area contributed by atoms with Crippen LogP contribution in [0.2, 0.25) is 0 Å². The highest BCUT2D eigenvalue weighted by atomic mass is 35.5. The van der Waals surface area contributed by atoms with Crippen LogP contribution >= 0.6 is 12.4 Å². The second kappa shape index (κ2) is 10.0. The van der Waals surface area contributed by atoms with Crippen LogP contribution in [-0.2, 0) is 29.0 Å². The van der Waals surface area contributed by atoms with Gasteiger partial charge in [-0.05, 0) is 73.3 Å². The summed E-state index contributed by atoms with van der Waals surface area (Å²) in [6.45, 7) is 5.16. The lowest BCUT2D eigenvalue weighted by Crippen LogP contribution is -2.27. The maximum atomic E-state index is 12.7. The lowest BCUT2D eigenvalue weighted by Gasteiger charge is -2.18. The number of alkyl halides is 3. The Morgan fingerprint density at radius 1 is 1.00 bits per heavy atom. The zero-order valence-electron chi connectivity index (χ0n) is 16.7. The van der Waals surface area contributed by atoms with E-state index < -0.39 is 21.8 Å². The third kappa shape index (κ3) is 6.12. The van der Waals surface area contributed by atoms with Gasteiger partial charge in [0.2, 0.25) is 0 Å². The number of fused-ring (bicyclic) bond motifs is 1. The summed E-state index contributed by atoms with van der Waals surface area (Å²) in [5.41, 5.74) is 1.86. The number of sulfonamides is 1. The maximum Gasteiger partial charge on any atom is 0.416 e. The van der Waals surface area contributed by atoms with E-state index in [1.807, 2.05) is 12.1 Å². The molecule has 0 amide bonds. The Morgan fingerprint density at radius 3 is 2.23 bits per heavy atom. The number of nitrogens with one attached hydrogen (secondary N) is 1. The average Bonchev–Trinajstić information content (AvgIpc) is 2.87. The molecule has 2 aromatic carbocycles. The van der Waals surface area contributed by atoms with Gasteiger partial charge in [-0.3, -0.25) is 4.72 Å². The van der Waals surface area contributed by atoms with Gasteiger partial charge in [0.05, 0.1) is 10.5 Å². The Morgan fingerprint density at radius 2 is 1.63 bits per heavy atom. The van der Waals surface area contributed by atoms with Crippen LogP contribution in [0, 0.1) is 0 Å². The first-order chi connectivity index (χ1) is 13.7. The van der Waals surface area contributed by atoms with Crippen molar-refractivity contribution in [3.05, 3.63) is 59.2 Å².